The van der Waals surface area contributed by atoms with Gasteiger partial charge in [0, 0.05) is 11.6 Å². The lowest BCUT2D eigenvalue weighted by atomic mass is 9.90. The second-order valence-corrected chi connectivity index (χ2v) is 5.30. The molecule has 98 valence electrons. The number of rotatable bonds is 3. The smallest absolute Gasteiger partial charge is 0.0810 e. The molecule has 2 heteroatoms. The summed E-state index contributed by atoms with van der Waals surface area (Å²) < 4.78 is 0. The van der Waals surface area contributed by atoms with E-state index in [0.29, 0.717) is 0 Å². The van der Waals surface area contributed by atoms with Crippen molar-refractivity contribution in [3.05, 3.63) is 65.7 Å². The summed E-state index contributed by atoms with van der Waals surface area (Å²) in [4.78, 5) is 0. The standard InChI is InChI=1S/C17H19NO/c1-12(13-7-3-2-4-8-13)17(19)16-11-14-9-5-6-10-15(14)18-16/h2-10,12,16-19H,11H2,1H3. The predicted molar refractivity (Wildman–Crippen MR) is 78.4 cm³/mol. The van der Waals surface area contributed by atoms with E-state index in [-0.39, 0.29) is 18.1 Å². The van der Waals surface area contributed by atoms with Crippen LogP contribution in [0.4, 0.5) is 5.69 Å². The van der Waals surface area contributed by atoms with E-state index in [4.69, 9.17) is 0 Å². The summed E-state index contributed by atoms with van der Waals surface area (Å²) in [5.41, 5.74) is 3.64. The van der Waals surface area contributed by atoms with Gasteiger partial charge in [0.1, 0.15) is 0 Å². The number of aliphatic hydroxyl groups is 1. The number of hydrogen-bond acceptors (Lipinski definition) is 2. The van der Waals surface area contributed by atoms with Gasteiger partial charge < -0.3 is 10.4 Å². The van der Waals surface area contributed by atoms with Crippen molar-refractivity contribution in [2.45, 2.75) is 31.4 Å². The van der Waals surface area contributed by atoms with Gasteiger partial charge in [0.2, 0.25) is 0 Å². The van der Waals surface area contributed by atoms with Gasteiger partial charge in [0.25, 0.3) is 0 Å². The van der Waals surface area contributed by atoms with Gasteiger partial charge in [-0.05, 0) is 23.6 Å². The maximum absolute atomic E-state index is 10.6. The Hall–Kier alpha value is -1.80. The third-order valence-corrected chi connectivity index (χ3v) is 4.05. The Morgan fingerprint density at radius 3 is 2.47 bits per heavy atom. The summed E-state index contributed by atoms with van der Waals surface area (Å²) in [6.45, 7) is 2.09. The van der Waals surface area contributed by atoms with E-state index in [1.54, 1.807) is 0 Å². The number of benzene rings is 2. The fraction of sp³-hybridized carbons (Fsp3) is 0.294. The summed E-state index contributed by atoms with van der Waals surface area (Å²) in [5, 5.41) is 14.0. The molecule has 3 unspecified atom stereocenters. The molecule has 2 aromatic carbocycles. The van der Waals surface area contributed by atoms with Gasteiger partial charge in [0.15, 0.2) is 0 Å². The highest BCUT2D eigenvalue weighted by molar-refractivity contribution is 5.57. The molecule has 2 nitrogen and oxygen atoms in total. The minimum Gasteiger partial charge on any atom is -0.390 e. The van der Waals surface area contributed by atoms with Gasteiger partial charge in [-0.1, -0.05) is 55.5 Å². The highest BCUT2D eigenvalue weighted by atomic mass is 16.3. The second kappa shape index (κ2) is 5.06. The number of nitrogens with one attached hydrogen (secondary N) is 1. The number of hydrogen-bond donors (Lipinski definition) is 2. The van der Waals surface area contributed by atoms with Crippen LogP contribution in [-0.4, -0.2) is 17.3 Å². The molecule has 0 spiro atoms. The lowest BCUT2D eigenvalue weighted by Gasteiger charge is -2.25. The summed E-state index contributed by atoms with van der Waals surface area (Å²) in [6, 6.07) is 18.6. The lowest BCUT2D eigenvalue weighted by molar-refractivity contribution is 0.130. The first-order valence-corrected chi connectivity index (χ1v) is 6.83. The van der Waals surface area contributed by atoms with Gasteiger partial charge in [-0.25, -0.2) is 0 Å². The summed E-state index contributed by atoms with van der Waals surface area (Å²) in [7, 11) is 0. The van der Waals surface area contributed by atoms with E-state index >= 15 is 0 Å². The zero-order valence-electron chi connectivity index (χ0n) is 11.1. The van der Waals surface area contributed by atoms with Crippen molar-refractivity contribution >= 4 is 5.69 Å². The van der Waals surface area contributed by atoms with Crippen molar-refractivity contribution in [1.29, 1.82) is 0 Å². The third-order valence-electron chi connectivity index (χ3n) is 4.05. The van der Waals surface area contributed by atoms with E-state index in [9.17, 15) is 5.11 Å². The molecule has 3 atom stereocenters. The molecule has 0 amide bonds. The van der Waals surface area contributed by atoms with Crippen LogP contribution < -0.4 is 5.32 Å². The molecular formula is C17H19NO. The average molecular weight is 253 g/mol. The van der Waals surface area contributed by atoms with Crippen LogP contribution in [0, 0.1) is 0 Å². The Morgan fingerprint density at radius 1 is 1.05 bits per heavy atom. The lowest BCUT2D eigenvalue weighted by Crippen LogP contribution is -2.35. The topological polar surface area (TPSA) is 32.3 Å². The number of aliphatic hydroxyl groups excluding tert-OH is 1. The quantitative estimate of drug-likeness (QED) is 0.880. The molecular weight excluding hydrogens is 234 g/mol. The minimum atomic E-state index is -0.380. The van der Waals surface area contributed by atoms with Gasteiger partial charge in [-0.15, -0.1) is 0 Å². The first-order valence-electron chi connectivity index (χ1n) is 6.83. The van der Waals surface area contributed by atoms with E-state index in [2.05, 4.69) is 42.6 Å². The molecule has 1 heterocycles. The highest BCUT2D eigenvalue weighted by Gasteiger charge is 2.30. The van der Waals surface area contributed by atoms with Crippen molar-refractivity contribution in [1.82, 2.24) is 0 Å². The molecule has 1 aliphatic heterocycles. The Morgan fingerprint density at radius 2 is 1.74 bits per heavy atom. The molecule has 0 aliphatic carbocycles. The molecule has 2 aromatic rings. The predicted octanol–water partition coefficient (Wildman–Crippen LogP) is 3.19. The Bertz CT molecular complexity index is 527. The van der Waals surface area contributed by atoms with E-state index in [1.165, 1.54) is 11.1 Å². The molecule has 19 heavy (non-hydrogen) atoms. The number of fused-ring (bicyclic) bond motifs is 1. The third kappa shape index (κ3) is 2.36. The fourth-order valence-corrected chi connectivity index (χ4v) is 2.84. The van der Waals surface area contributed by atoms with Crippen molar-refractivity contribution in [2.75, 3.05) is 5.32 Å². The van der Waals surface area contributed by atoms with Crippen LogP contribution in [0.3, 0.4) is 0 Å². The number of anilines is 1. The van der Waals surface area contributed by atoms with Crippen LogP contribution in [0.15, 0.2) is 54.6 Å². The first kappa shape index (κ1) is 12.2. The molecule has 0 aromatic heterocycles. The number of para-hydroxylation sites is 1. The van der Waals surface area contributed by atoms with Gasteiger partial charge in [-0.2, -0.15) is 0 Å². The van der Waals surface area contributed by atoms with E-state index in [1.807, 2.05) is 24.3 Å². The second-order valence-electron chi connectivity index (χ2n) is 5.30. The Labute approximate surface area is 114 Å². The maximum Gasteiger partial charge on any atom is 0.0810 e. The summed E-state index contributed by atoms with van der Waals surface area (Å²) in [5.74, 6) is 0.132. The van der Waals surface area contributed by atoms with Crippen LogP contribution in [0.25, 0.3) is 0 Å². The van der Waals surface area contributed by atoms with Gasteiger partial charge >= 0.3 is 0 Å². The van der Waals surface area contributed by atoms with Crippen LogP contribution >= 0.6 is 0 Å². The largest absolute Gasteiger partial charge is 0.390 e. The molecule has 0 radical (unpaired) electrons. The Balaban J connectivity index is 1.75. The summed E-state index contributed by atoms with van der Waals surface area (Å²) in [6.07, 6.45) is 0.518. The fourth-order valence-electron chi connectivity index (χ4n) is 2.84. The van der Waals surface area contributed by atoms with Crippen LogP contribution in [-0.2, 0) is 6.42 Å². The molecule has 3 rings (SSSR count). The van der Waals surface area contributed by atoms with Gasteiger partial charge in [0.05, 0.1) is 12.1 Å². The molecule has 0 saturated carbocycles. The van der Waals surface area contributed by atoms with Crippen LogP contribution in [0.5, 0.6) is 0 Å². The first-order chi connectivity index (χ1) is 9.25. The maximum atomic E-state index is 10.6. The van der Waals surface area contributed by atoms with Crippen LogP contribution in [0.2, 0.25) is 0 Å². The zero-order valence-corrected chi connectivity index (χ0v) is 11.1. The van der Waals surface area contributed by atoms with Crippen molar-refractivity contribution in [3.63, 3.8) is 0 Å². The van der Waals surface area contributed by atoms with Crippen LogP contribution in [0.1, 0.15) is 24.0 Å². The van der Waals surface area contributed by atoms with Crippen molar-refractivity contribution in [3.8, 4) is 0 Å². The minimum absolute atomic E-state index is 0.104. The van der Waals surface area contributed by atoms with E-state index in [0.717, 1.165) is 12.1 Å². The SMILES string of the molecule is CC(c1ccccc1)C(O)C1Cc2ccccc2N1. The normalized spacial score (nSPS) is 20.4. The molecule has 0 fully saturated rings. The molecule has 1 aliphatic rings. The average Bonchev–Trinajstić information content (AvgIpc) is 2.90. The van der Waals surface area contributed by atoms with Crippen molar-refractivity contribution in [2.24, 2.45) is 0 Å². The molecule has 2 N–H and O–H groups in total. The van der Waals surface area contributed by atoms with E-state index < -0.39 is 0 Å². The Kier molecular flexibility index (Phi) is 3.26. The highest BCUT2D eigenvalue weighted by Crippen LogP contribution is 2.31. The molecule has 0 bridgehead atoms. The van der Waals surface area contributed by atoms with Crippen molar-refractivity contribution < 1.29 is 5.11 Å². The molecule has 0 saturated heterocycles. The van der Waals surface area contributed by atoms with Gasteiger partial charge in [-0.3, -0.25) is 0 Å². The summed E-state index contributed by atoms with van der Waals surface area (Å²) >= 11 is 0. The monoisotopic (exact) mass is 253 g/mol. The zero-order chi connectivity index (χ0) is 13.2.